The van der Waals surface area contributed by atoms with Crippen LogP contribution >= 0.6 is 11.6 Å². The van der Waals surface area contributed by atoms with Crippen molar-refractivity contribution in [1.82, 2.24) is 4.98 Å². The molecule has 3 aromatic carbocycles. The minimum atomic E-state index is 0.569. The molecule has 0 saturated carbocycles. The highest BCUT2D eigenvalue weighted by molar-refractivity contribution is 6.30. The molecule has 116 valence electrons. The lowest BCUT2D eigenvalue weighted by Gasteiger charge is -2.02. The maximum Gasteiger partial charge on any atom is 0.226 e. The number of oxazole rings is 1. The van der Waals surface area contributed by atoms with Gasteiger partial charge in [0.2, 0.25) is 5.89 Å². The molecule has 0 aliphatic heterocycles. The molecule has 0 amide bonds. The van der Waals surface area contributed by atoms with Crippen LogP contribution in [0.15, 0.2) is 89.5 Å². The Morgan fingerprint density at radius 2 is 1.33 bits per heavy atom. The highest BCUT2D eigenvalue weighted by Gasteiger charge is 2.09. The van der Waals surface area contributed by atoms with Crippen molar-refractivity contribution in [2.24, 2.45) is 0 Å². The number of rotatable bonds is 3. The molecule has 0 atom stereocenters. The van der Waals surface area contributed by atoms with Gasteiger partial charge in [-0.15, -0.1) is 0 Å². The average molecular weight is 332 g/mol. The van der Waals surface area contributed by atoms with Crippen LogP contribution in [0, 0.1) is 0 Å². The lowest BCUT2D eigenvalue weighted by molar-refractivity contribution is 0.589. The Bertz CT molecular complexity index is 959. The molecule has 0 radical (unpaired) electrons. The smallest absolute Gasteiger partial charge is 0.226 e. The number of hydrogen-bond acceptors (Lipinski definition) is 2. The third kappa shape index (κ3) is 2.97. The molecule has 0 N–H and O–H groups in total. The largest absolute Gasteiger partial charge is 0.436 e. The monoisotopic (exact) mass is 331 g/mol. The van der Waals surface area contributed by atoms with E-state index in [0.29, 0.717) is 10.9 Å². The first-order valence-corrected chi connectivity index (χ1v) is 8.05. The second-order valence-electron chi connectivity index (χ2n) is 5.48. The van der Waals surface area contributed by atoms with E-state index in [4.69, 9.17) is 16.0 Å². The quantitative estimate of drug-likeness (QED) is 0.438. The third-order valence-corrected chi connectivity index (χ3v) is 4.09. The van der Waals surface area contributed by atoms with Gasteiger partial charge in [0.1, 0.15) is 0 Å². The van der Waals surface area contributed by atoms with E-state index in [1.54, 1.807) is 6.20 Å². The predicted octanol–water partition coefficient (Wildman–Crippen LogP) is 6.33. The molecule has 4 rings (SSSR count). The minimum absolute atomic E-state index is 0.569. The van der Waals surface area contributed by atoms with Crippen LogP contribution in [0.3, 0.4) is 0 Å². The molecule has 0 unspecified atom stereocenters. The molecular formula is C21H14ClNO. The van der Waals surface area contributed by atoms with Gasteiger partial charge in [0.25, 0.3) is 0 Å². The maximum atomic E-state index is 6.02. The van der Waals surface area contributed by atoms with Crippen molar-refractivity contribution in [3.05, 3.63) is 90.1 Å². The van der Waals surface area contributed by atoms with Crippen LogP contribution in [0.25, 0.3) is 33.9 Å². The highest BCUT2D eigenvalue weighted by atomic mass is 35.5. The van der Waals surface area contributed by atoms with Crippen molar-refractivity contribution < 1.29 is 4.42 Å². The highest BCUT2D eigenvalue weighted by Crippen LogP contribution is 2.29. The molecule has 3 heteroatoms. The summed E-state index contributed by atoms with van der Waals surface area (Å²) in [6.07, 6.45) is 1.74. The van der Waals surface area contributed by atoms with Gasteiger partial charge in [-0.3, -0.25) is 0 Å². The first-order valence-electron chi connectivity index (χ1n) is 7.67. The summed E-state index contributed by atoms with van der Waals surface area (Å²) >= 11 is 6.02. The third-order valence-electron chi connectivity index (χ3n) is 3.85. The first-order chi connectivity index (χ1) is 11.8. The van der Waals surface area contributed by atoms with Crippen molar-refractivity contribution in [1.29, 1.82) is 0 Å². The average Bonchev–Trinajstić information content (AvgIpc) is 3.13. The van der Waals surface area contributed by atoms with Gasteiger partial charge in [-0.2, -0.15) is 0 Å². The Morgan fingerprint density at radius 1 is 0.667 bits per heavy atom. The van der Waals surface area contributed by atoms with Crippen LogP contribution in [0.5, 0.6) is 0 Å². The molecule has 0 aliphatic rings. The van der Waals surface area contributed by atoms with Crippen LogP contribution in [0.2, 0.25) is 5.02 Å². The topological polar surface area (TPSA) is 26.0 Å². The summed E-state index contributed by atoms with van der Waals surface area (Å²) in [5.74, 6) is 1.31. The van der Waals surface area contributed by atoms with Gasteiger partial charge in [0.15, 0.2) is 5.76 Å². The summed E-state index contributed by atoms with van der Waals surface area (Å²) in [6.45, 7) is 0. The summed E-state index contributed by atoms with van der Waals surface area (Å²) in [6, 6.07) is 26.1. The second-order valence-corrected chi connectivity index (χ2v) is 5.92. The summed E-state index contributed by atoms with van der Waals surface area (Å²) in [5, 5.41) is 0.666. The Morgan fingerprint density at radius 3 is 2.08 bits per heavy atom. The minimum Gasteiger partial charge on any atom is -0.436 e. The zero-order valence-electron chi connectivity index (χ0n) is 12.8. The van der Waals surface area contributed by atoms with Gasteiger partial charge in [-0.05, 0) is 29.3 Å². The van der Waals surface area contributed by atoms with Crippen molar-refractivity contribution in [2.45, 2.75) is 0 Å². The molecule has 0 saturated heterocycles. The van der Waals surface area contributed by atoms with Gasteiger partial charge in [-0.25, -0.2) is 4.98 Å². The molecule has 0 spiro atoms. The number of nitrogens with zero attached hydrogens (tertiary/aromatic N) is 1. The molecule has 4 aromatic rings. The fraction of sp³-hybridized carbons (Fsp3) is 0. The Kier molecular flexibility index (Phi) is 3.89. The van der Waals surface area contributed by atoms with E-state index in [1.807, 2.05) is 54.6 Å². The fourth-order valence-electron chi connectivity index (χ4n) is 2.62. The van der Waals surface area contributed by atoms with Gasteiger partial charge in [-0.1, -0.05) is 72.3 Å². The van der Waals surface area contributed by atoms with Crippen LogP contribution in [-0.4, -0.2) is 4.98 Å². The Hall–Kier alpha value is -2.84. The number of aromatic nitrogens is 1. The lowest BCUT2D eigenvalue weighted by atomic mass is 10.0. The van der Waals surface area contributed by atoms with Gasteiger partial charge in [0, 0.05) is 16.1 Å². The molecular weight excluding hydrogens is 318 g/mol. The van der Waals surface area contributed by atoms with Crippen molar-refractivity contribution in [3.8, 4) is 33.9 Å². The summed E-state index contributed by atoms with van der Waals surface area (Å²) in [7, 11) is 0. The zero-order chi connectivity index (χ0) is 16.4. The first kappa shape index (κ1) is 14.7. The molecule has 0 fully saturated rings. The van der Waals surface area contributed by atoms with Gasteiger partial charge < -0.3 is 4.42 Å². The van der Waals surface area contributed by atoms with Crippen LogP contribution in [0.4, 0.5) is 0 Å². The molecule has 0 aliphatic carbocycles. The van der Waals surface area contributed by atoms with Crippen LogP contribution < -0.4 is 0 Å². The maximum absolute atomic E-state index is 6.02. The van der Waals surface area contributed by atoms with E-state index in [0.717, 1.165) is 16.9 Å². The van der Waals surface area contributed by atoms with E-state index in [1.165, 1.54) is 11.1 Å². The molecule has 24 heavy (non-hydrogen) atoms. The summed E-state index contributed by atoms with van der Waals surface area (Å²) in [5.41, 5.74) is 4.24. The van der Waals surface area contributed by atoms with Crippen LogP contribution in [0.1, 0.15) is 0 Å². The Labute approximate surface area is 145 Å². The Balaban J connectivity index is 1.63. The van der Waals surface area contributed by atoms with Gasteiger partial charge in [0.05, 0.1) is 6.20 Å². The van der Waals surface area contributed by atoms with E-state index in [-0.39, 0.29) is 0 Å². The molecule has 1 heterocycles. The van der Waals surface area contributed by atoms with E-state index >= 15 is 0 Å². The zero-order valence-corrected chi connectivity index (χ0v) is 13.6. The van der Waals surface area contributed by atoms with Crippen molar-refractivity contribution in [3.63, 3.8) is 0 Å². The van der Waals surface area contributed by atoms with E-state index in [2.05, 4.69) is 29.2 Å². The molecule has 0 bridgehead atoms. The predicted molar refractivity (Wildman–Crippen MR) is 97.8 cm³/mol. The number of halogens is 1. The summed E-state index contributed by atoms with van der Waals surface area (Å²) < 4.78 is 5.89. The number of benzene rings is 3. The normalized spacial score (nSPS) is 10.7. The molecule has 1 aromatic heterocycles. The standard InChI is InChI=1S/C21H14ClNO/c22-19-8-4-7-18(13-19)21-23-14-20(24-21)17-11-9-16(10-12-17)15-5-2-1-3-6-15/h1-14H. The lowest BCUT2D eigenvalue weighted by Crippen LogP contribution is -1.78. The second kappa shape index (κ2) is 6.34. The molecule has 2 nitrogen and oxygen atoms in total. The van der Waals surface area contributed by atoms with Crippen molar-refractivity contribution >= 4 is 11.6 Å². The van der Waals surface area contributed by atoms with Gasteiger partial charge >= 0.3 is 0 Å². The van der Waals surface area contributed by atoms with Crippen molar-refractivity contribution in [2.75, 3.05) is 0 Å². The van der Waals surface area contributed by atoms with Crippen LogP contribution in [-0.2, 0) is 0 Å². The fourth-order valence-corrected chi connectivity index (χ4v) is 2.81. The van der Waals surface area contributed by atoms with E-state index < -0.39 is 0 Å². The number of hydrogen-bond donors (Lipinski definition) is 0. The summed E-state index contributed by atoms with van der Waals surface area (Å²) in [4.78, 5) is 4.36. The van der Waals surface area contributed by atoms with E-state index in [9.17, 15) is 0 Å². The SMILES string of the molecule is Clc1cccc(-c2ncc(-c3ccc(-c4ccccc4)cc3)o2)c1.